The number of nitrogens with zero attached hydrogens (tertiary/aromatic N) is 1. The number of rotatable bonds is 2. The topological polar surface area (TPSA) is 3.24 Å². The van der Waals surface area contributed by atoms with E-state index < -0.39 is 0 Å². The van der Waals surface area contributed by atoms with Crippen LogP contribution in [0.4, 0.5) is 0 Å². The first-order valence-corrected chi connectivity index (χ1v) is 5.15. The van der Waals surface area contributed by atoms with E-state index in [4.69, 9.17) is 0 Å². The summed E-state index contributed by atoms with van der Waals surface area (Å²) in [5.41, 5.74) is 1.33. The highest BCUT2D eigenvalue weighted by Crippen LogP contribution is 2.18. The van der Waals surface area contributed by atoms with Gasteiger partial charge in [-0.2, -0.15) is 0 Å². The average molecular weight is 167 g/mol. The van der Waals surface area contributed by atoms with Crippen LogP contribution in [-0.2, 0) is 0 Å². The first-order valence-electron chi connectivity index (χ1n) is 5.15. The van der Waals surface area contributed by atoms with Crippen LogP contribution >= 0.6 is 0 Å². The van der Waals surface area contributed by atoms with E-state index >= 15 is 0 Å². The Labute approximate surface area is 76.5 Å². The summed E-state index contributed by atoms with van der Waals surface area (Å²) >= 11 is 0. The Bertz CT molecular complexity index is 141. The van der Waals surface area contributed by atoms with Crippen LogP contribution in [0.1, 0.15) is 39.5 Å². The predicted molar refractivity (Wildman–Crippen MR) is 54.0 cm³/mol. The Morgan fingerprint density at radius 2 is 1.58 bits per heavy atom. The molecule has 1 aliphatic rings. The molecule has 0 aliphatic carbocycles. The van der Waals surface area contributed by atoms with E-state index in [1.807, 2.05) is 0 Å². The van der Waals surface area contributed by atoms with Crippen LogP contribution in [0.5, 0.6) is 0 Å². The molecule has 0 aromatic carbocycles. The van der Waals surface area contributed by atoms with Crippen LogP contribution in [0, 0.1) is 5.92 Å². The molecule has 12 heavy (non-hydrogen) atoms. The molecule has 0 amide bonds. The molecule has 1 heteroatoms. The summed E-state index contributed by atoms with van der Waals surface area (Å²) in [5, 5.41) is 0. The van der Waals surface area contributed by atoms with Gasteiger partial charge in [0.1, 0.15) is 0 Å². The van der Waals surface area contributed by atoms with Crippen molar-refractivity contribution < 1.29 is 0 Å². The van der Waals surface area contributed by atoms with Crippen molar-refractivity contribution in [3.05, 3.63) is 12.3 Å². The van der Waals surface area contributed by atoms with Gasteiger partial charge in [0.25, 0.3) is 0 Å². The van der Waals surface area contributed by atoms with Crippen molar-refractivity contribution in [2.45, 2.75) is 39.5 Å². The first kappa shape index (κ1) is 9.63. The van der Waals surface area contributed by atoms with Crippen molar-refractivity contribution >= 4 is 0 Å². The van der Waals surface area contributed by atoms with E-state index in [0.29, 0.717) is 5.92 Å². The Morgan fingerprint density at radius 3 is 2.00 bits per heavy atom. The molecule has 0 unspecified atom stereocenters. The van der Waals surface area contributed by atoms with Crippen LogP contribution in [0.2, 0.25) is 0 Å². The summed E-state index contributed by atoms with van der Waals surface area (Å²) in [4.78, 5) is 2.47. The zero-order valence-corrected chi connectivity index (χ0v) is 8.47. The van der Waals surface area contributed by atoms with E-state index in [0.717, 1.165) is 0 Å². The maximum Gasteiger partial charge on any atom is 0.0174 e. The molecule has 1 nitrogen and oxygen atoms in total. The molecule has 1 rings (SSSR count). The second kappa shape index (κ2) is 4.54. The van der Waals surface area contributed by atoms with E-state index in [2.05, 4.69) is 25.3 Å². The van der Waals surface area contributed by atoms with Crippen molar-refractivity contribution in [2.24, 2.45) is 5.92 Å². The highest BCUT2D eigenvalue weighted by Gasteiger charge is 2.12. The van der Waals surface area contributed by atoms with E-state index in [-0.39, 0.29) is 0 Å². The summed E-state index contributed by atoms with van der Waals surface area (Å²) in [6.07, 6.45) is 5.52. The van der Waals surface area contributed by atoms with E-state index in [1.54, 1.807) is 0 Å². The molecular weight excluding hydrogens is 146 g/mol. The lowest BCUT2D eigenvalue weighted by Crippen LogP contribution is -2.25. The zero-order valence-electron chi connectivity index (χ0n) is 8.47. The molecular formula is C11H21N. The maximum absolute atomic E-state index is 4.15. The van der Waals surface area contributed by atoms with Gasteiger partial charge in [-0.05, 0) is 18.8 Å². The summed E-state index contributed by atoms with van der Waals surface area (Å²) < 4.78 is 0. The standard InChI is InChI=1S/C11H21N/c1-10(2)11(3)12-8-6-4-5-7-9-12/h10H,3-9H2,1-2H3. The third-order valence-electron chi connectivity index (χ3n) is 2.68. The average Bonchev–Trinajstić information content (AvgIpc) is 2.30. The quantitative estimate of drug-likeness (QED) is 0.611. The van der Waals surface area contributed by atoms with Crippen molar-refractivity contribution in [2.75, 3.05) is 13.1 Å². The minimum absolute atomic E-state index is 0.614. The Balaban J connectivity index is 2.43. The third kappa shape index (κ3) is 2.54. The van der Waals surface area contributed by atoms with Gasteiger partial charge in [-0.25, -0.2) is 0 Å². The van der Waals surface area contributed by atoms with E-state index in [9.17, 15) is 0 Å². The van der Waals surface area contributed by atoms with Gasteiger partial charge in [-0.1, -0.05) is 33.3 Å². The van der Waals surface area contributed by atoms with Gasteiger partial charge < -0.3 is 4.90 Å². The van der Waals surface area contributed by atoms with Gasteiger partial charge in [0.05, 0.1) is 0 Å². The molecule has 0 atom stereocenters. The normalized spacial score (nSPS) is 19.4. The first-order chi connectivity index (χ1) is 5.72. The molecule has 1 aliphatic heterocycles. The summed E-state index contributed by atoms with van der Waals surface area (Å²) in [6.45, 7) is 11.1. The van der Waals surface area contributed by atoms with Crippen molar-refractivity contribution in [3.63, 3.8) is 0 Å². The molecule has 1 heterocycles. The summed E-state index contributed by atoms with van der Waals surface area (Å²) in [7, 11) is 0. The van der Waals surface area contributed by atoms with E-state index in [1.165, 1.54) is 44.5 Å². The van der Waals surface area contributed by atoms with Crippen molar-refractivity contribution in [1.29, 1.82) is 0 Å². The fourth-order valence-corrected chi connectivity index (χ4v) is 1.72. The molecule has 0 bridgehead atoms. The third-order valence-corrected chi connectivity index (χ3v) is 2.68. The highest BCUT2D eigenvalue weighted by molar-refractivity contribution is 4.97. The van der Waals surface area contributed by atoms with Gasteiger partial charge in [-0.15, -0.1) is 0 Å². The Hall–Kier alpha value is -0.460. The second-order valence-corrected chi connectivity index (χ2v) is 4.05. The molecule has 0 aromatic heterocycles. The number of allylic oxidation sites excluding steroid dienone is 1. The zero-order chi connectivity index (χ0) is 8.97. The minimum Gasteiger partial charge on any atom is -0.375 e. The molecule has 1 fully saturated rings. The van der Waals surface area contributed by atoms with Gasteiger partial charge in [0, 0.05) is 18.8 Å². The molecule has 70 valence electrons. The number of hydrogen-bond donors (Lipinski definition) is 0. The fraction of sp³-hybridized carbons (Fsp3) is 0.818. The molecule has 0 saturated carbocycles. The van der Waals surface area contributed by atoms with Crippen LogP contribution in [-0.4, -0.2) is 18.0 Å². The molecule has 1 saturated heterocycles. The lowest BCUT2D eigenvalue weighted by atomic mass is 10.1. The van der Waals surface area contributed by atoms with Crippen LogP contribution in [0.3, 0.4) is 0 Å². The van der Waals surface area contributed by atoms with Gasteiger partial charge in [0.2, 0.25) is 0 Å². The van der Waals surface area contributed by atoms with Gasteiger partial charge in [-0.3, -0.25) is 0 Å². The number of hydrogen-bond acceptors (Lipinski definition) is 1. The molecule has 0 radical (unpaired) electrons. The maximum atomic E-state index is 4.15. The predicted octanol–water partition coefficient (Wildman–Crippen LogP) is 3.03. The second-order valence-electron chi connectivity index (χ2n) is 4.05. The highest BCUT2D eigenvalue weighted by atomic mass is 15.1. The smallest absolute Gasteiger partial charge is 0.0174 e. The SMILES string of the molecule is C=C(C(C)C)N1CCCCCC1. The molecule has 0 N–H and O–H groups in total. The minimum atomic E-state index is 0.614. The van der Waals surface area contributed by atoms with Gasteiger partial charge >= 0.3 is 0 Å². The van der Waals surface area contributed by atoms with Crippen LogP contribution in [0.15, 0.2) is 12.3 Å². The molecule has 0 spiro atoms. The summed E-state index contributed by atoms with van der Waals surface area (Å²) in [6, 6.07) is 0. The van der Waals surface area contributed by atoms with Crippen LogP contribution in [0.25, 0.3) is 0 Å². The fourth-order valence-electron chi connectivity index (χ4n) is 1.72. The Morgan fingerprint density at radius 1 is 1.08 bits per heavy atom. The Kier molecular flexibility index (Phi) is 3.64. The van der Waals surface area contributed by atoms with Gasteiger partial charge in [0.15, 0.2) is 0 Å². The van der Waals surface area contributed by atoms with Crippen molar-refractivity contribution in [3.8, 4) is 0 Å². The monoisotopic (exact) mass is 167 g/mol. The van der Waals surface area contributed by atoms with Crippen LogP contribution < -0.4 is 0 Å². The molecule has 0 aromatic rings. The van der Waals surface area contributed by atoms with Crippen molar-refractivity contribution in [1.82, 2.24) is 4.90 Å². The lowest BCUT2D eigenvalue weighted by molar-refractivity contribution is 0.326. The number of likely N-dealkylation sites (tertiary alicyclic amines) is 1. The lowest BCUT2D eigenvalue weighted by Gasteiger charge is -2.27. The largest absolute Gasteiger partial charge is 0.375 e. The summed E-state index contributed by atoms with van der Waals surface area (Å²) in [5.74, 6) is 0.614.